The van der Waals surface area contributed by atoms with Crippen molar-refractivity contribution in [3.8, 4) is 40.2 Å². The Morgan fingerprint density at radius 1 is 1.08 bits per heavy atom. The number of nitriles is 1. The molecule has 0 aliphatic rings. The normalized spacial score (nSPS) is 10.1. The lowest BCUT2D eigenvalue weighted by molar-refractivity contribution is 0.326. The molecular weight excluding hydrogens is 314 g/mol. The summed E-state index contributed by atoms with van der Waals surface area (Å²) in [6, 6.07) is 17.2. The fourth-order valence-corrected chi connectivity index (χ4v) is 2.51. The lowest BCUT2D eigenvalue weighted by Crippen LogP contribution is -2.01. The van der Waals surface area contributed by atoms with Crippen LogP contribution >= 0.6 is 0 Å². The van der Waals surface area contributed by atoms with Crippen molar-refractivity contribution in [3.05, 3.63) is 60.3 Å². The van der Waals surface area contributed by atoms with Crippen LogP contribution in [0.25, 0.3) is 22.5 Å². The van der Waals surface area contributed by atoms with E-state index in [0.29, 0.717) is 23.7 Å². The van der Waals surface area contributed by atoms with E-state index in [-0.39, 0.29) is 0 Å². The van der Waals surface area contributed by atoms with Crippen molar-refractivity contribution < 1.29 is 9.47 Å². The van der Waals surface area contributed by atoms with Crippen LogP contribution in [-0.2, 0) is 0 Å². The molecule has 0 amide bonds. The SMILES string of the molecule is CCOc1nc(-c2ccccn2)cc(-c2ccc(OC)cc2)c1C#N. The van der Waals surface area contributed by atoms with Crippen molar-refractivity contribution in [3.63, 3.8) is 0 Å². The van der Waals surface area contributed by atoms with E-state index < -0.39 is 0 Å². The highest BCUT2D eigenvalue weighted by Crippen LogP contribution is 2.33. The predicted octanol–water partition coefficient (Wildman–Crippen LogP) is 4.09. The minimum absolute atomic E-state index is 0.318. The fourth-order valence-electron chi connectivity index (χ4n) is 2.51. The number of rotatable bonds is 5. The molecule has 0 unspecified atom stereocenters. The van der Waals surface area contributed by atoms with Crippen LogP contribution in [0.3, 0.4) is 0 Å². The molecule has 3 aromatic rings. The predicted molar refractivity (Wildman–Crippen MR) is 95.3 cm³/mol. The molecule has 2 aromatic heterocycles. The molecule has 0 N–H and O–H groups in total. The van der Waals surface area contributed by atoms with Crippen LogP contribution in [0.1, 0.15) is 12.5 Å². The van der Waals surface area contributed by atoms with Crippen molar-refractivity contribution in [1.82, 2.24) is 9.97 Å². The van der Waals surface area contributed by atoms with Crippen LogP contribution < -0.4 is 9.47 Å². The zero-order chi connectivity index (χ0) is 17.6. The lowest BCUT2D eigenvalue weighted by atomic mass is 9.99. The second-order valence-electron chi connectivity index (χ2n) is 5.22. The topological polar surface area (TPSA) is 68.0 Å². The molecule has 0 fully saturated rings. The number of pyridine rings is 2. The first-order valence-electron chi connectivity index (χ1n) is 7.90. The molecule has 0 saturated carbocycles. The summed E-state index contributed by atoms with van der Waals surface area (Å²) in [7, 11) is 1.62. The average molecular weight is 331 g/mol. The van der Waals surface area contributed by atoms with Crippen LogP contribution in [0.4, 0.5) is 0 Å². The zero-order valence-corrected chi connectivity index (χ0v) is 14.1. The first-order valence-corrected chi connectivity index (χ1v) is 7.90. The lowest BCUT2D eigenvalue weighted by Gasteiger charge is -2.12. The van der Waals surface area contributed by atoms with Gasteiger partial charge in [0.1, 0.15) is 17.4 Å². The number of aromatic nitrogens is 2. The van der Waals surface area contributed by atoms with Crippen LogP contribution in [0.2, 0.25) is 0 Å². The van der Waals surface area contributed by atoms with Gasteiger partial charge in [0.25, 0.3) is 0 Å². The molecule has 0 atom stereocenters. The third-order valence-corrected chi connectivity index (χ3v) is 3.71. The number of methoxy groups -OCH3 is 1. The minimum atomic E-state index is 0.318. The van der Waals surface area contributed by atoms with E-state index in [9.17, 15) is 5.26 Å². The molecule has 124 valence electrons. The monoisotopic (exact) mass is 331 g/mol. The number of benzene rings is 1. The molecule has 0 radical (unpaired) electrons. The zero-order valence-electron chi connectivity index (χ0n) is 14.1. The van der Waals surface area contributed by atoms with Crippen molar-refractivity contribution >= 4 is 0 Å². The van der Waals surface area contributed by atoms with E-state index >= 15 is 0 Å². The Balaban J connectivity index is 2.20. The Morgan fingerprint density at radius 3 is 2.48 bits per heavy atom. The highest BCUT2D eigenvalue weighted by molar-refractivity contribution is 5.77. The number of hydrogen-bond acceptors (Lipinski definition) is 5. The molecule has 1 aromatic carbocycles. The largest absolute Gasteiger partial charge is 0.497 e. The number of nitrogens with zero attached hydrogens (tertiary/aromatic N) is 3. The Labute approximate surface area is 146 Å². The Kier molecular flexibility index (Phi) is 4.91. The fraction of sp³-hybridized carbons (Fsp3) is 0.150. The van der Waals surface area contributed by atoms with Gasteiger partial charge in [0.15, 0.2) is 0 Å². The van der Waals surface area contributed by atoms with Gasteiger partial charge in [-0.1, -0.05) is 18.2 Å². The third-order valence-electron chi connectivity index (χ3n) is 3.71. The van der Waals surface area contributed by atoms with Crippen LogP contribution in [-0.4, -0.2) is 23.7 Å². The van der Waals surface area contributed by atoms with E-state index in [2.05, 4.69) is 16.0 Å². The van der Waals surface area contributed by atoms with Crippen molar-refractivity contribution in [1.29, 1.82) is 5.26 Å². The Bertz CT molecular complexity index is 901. The summed E-state index contributed by atoms with van der Waals surface area (Å²) in [5.74, 6) is 1.07. The number of hydrogen-bond donors (Lipinski definition) is 0. The molecule has 3 rings (SSSR count). The van der Waals surface area contributed by atoms with Gasteiger partial charge in [0.2, 0.25) is 5.88 Å². The Hall–Kier alpha value is -3.39. The van der Waals surface area contributed by atoms with Gasteiger partial charge in [-0.25, -0.2) is 4.98 Å². The average Bonchev–Trinajstić information content (AvgIpc) is 2.68. The van der Waals surface area contributed by atoms with E-state index in [4.69, 9.17) is 9.47 Å². The van der Waals surface area contributed by atoms with Gasteiger partial charge in [-0.3, -0.25) is 4.98 Å². The maximum Gasteiger partial charge on any atom is 0.232 e. The molecule has 0 bridgehead atoms. The smallest absolute Gasteiger partial charge is 0.232 e. The summed E-state index contributed by atoms with van der Waals surface area (Å²) in [5.41, 5.74) is 3.44. The van der Waals surface area contributed by atoms with Gasteiger partial charge < -0.3 is 9.47 Å². The second-order valence-corrected chi connectivity index (χ2v) is 5.22. The molecule has 25 heavy (non-hydrogen) atoms. The highest BCUT2D eigenvalue weighted by Gasteiger charge is 2.16. The summed E-state index contributed by atoms with van der Waals surface area (Å²) in [6.07, 6.45) is 1.71. The first kappa shape index (κ1) is 16.5. The van der Waals surface area contributed by atoms with Gasteiger partial charge in [-0.2, -0.15) is 5.26 Å². The molecule has 0 aliphatic heterocycles. The van der Waals surface area contributed by atoms with Crippen LogP contribution in [0.5, 0.6) is 11.6 Å². The van der Waals surface area contributed by atoms with E-state index in [1.807, 2.05) is 55.5 Å². The molecular formula is C20H17N3O2. The van der Waals surface area contributed by atoms with E-state index in [0.717, 1.165) is 22.6 Å². The second kappa shape index (κ2) is 7.45. The Morgan fingerprint density at radius 2 is 1.88 bits per heavy atom. The van der Waals surface area contributed by atoms with E-state index in [1.54, 1.807) is 13.3 Å². The van der Waals surface area contributed by atoms with Gasteiger partial charge in [0, 0.05) is 11.8 Å². The maximum atomic E-state index is 9.64. The summed E-state index contributed by atoms with van der Waals surface area (Å²) in [6.45, 7) is 2.29. The standard InChI is InChI=1S/C20H17N3O2/c1-3-25-20-17(13-21)16(14-7-9-15(24-2)10-8-14)12-19(23-20)18-6-4-5-11-22-18/h4-12H,3H2,1-2H3. The van der Waals surface area contributed by atoms with Gasteiger partial charge in [-0.15, -0.1) is 0 Å². The molecule has 0 spiro atoms. The molecule has 0 saturated heterocycles. The molecule has 0 aliphatic carbocycles. The molecule has 5 heteroatoms. The summed E-state index contributed by atoms with van der Waals surface area (Å²) >= 11 is 0. The van der Waals surface area contributed by atoms with Gasteiger partial charge in [-0.05, 0) is 42.8 Å². The minimum Gasteiger partial charge on any atom is -0.497 e. The highest BCUT2D eigenvalue weighted by atomic mass is 16.5. The van der Waals surface area contributed by atoms with Crippen LogP contribution in [0, 0.1) is 11.3 Å². The van der Waals surface area contributed by atoms with Crippen molar-refractivity contribution in [2.45, 2.75) is 6.92 Å². The first-order chi connectivity index (χ1) is 12.3. The van der Waals surface area contributed by atoms with Crippen molar-refractivity contribution in [2.75, 3.05) is 13.7 Å². The number of ether oxygens (including phenoxy) is 2. The summed E-state index contributed by atoms with van der Waals surface area (Å²) in [5, 5.41) is 9.64. The quantitative estimate of drug-likeness (QED) is 0.704. The third kappa shape index (κ3) is 3.43. The molecule has 5 nitrogen and oxygen atoms in total. The molecule has 2 heterocycles. The van der Waals surface area contributed by atoms with Crippen LogP contribution in [0.15, 0.2) is 54.7 Å². The summed E-state index contributed by atoms with van der Waals surface area (Å²) < 4.78 is 10.8. The van der Waals surface area contributed by atoms with Gasteiger partial charge in [0.05, 0.1) is 25.1 Å². The maximum absolute atomic E-state index is 9.64. The summed E-state index contributed by atoms with van der Waals surface area (Å²) in [4.78, 5) is 8.84. The van der Waals surface area contributed by atoms with Crippen molar-refractivity contribution in [2.24, 2.45) is 0 Å². The van der Waals surface area contributed by atoms with E-state index in [1.165, 1.54) is 0 Å². The van der Waals surface area contributed by atoms with Gasteiger partial charge >= 0.3 is 0 Å².